The SMILES string of the molecule is CS(=O)(=O)N(CC(=O)NC1CCS(=O)(=O)C1)c1ccc(Cl)cc1. The fourth-order valence-electron chi connectivity index (χ4n) is 2.32. The van der Waals surface area contributed by atoms with Gasteiger partial charge in [-0.2, -0.15) is 0 Å². The smallest absolute Gasteiger partial charge is 0.241 e. The zero-order valence-corrected chi connectivity index (χ0v) is 14.8. The van der Waals surface area contributed by atoms with E-state index >= 15 is 0 Å². The molecule has 1 aliphatic rings. The van der Waals surface area contributed by atoms with Gasteiger partial charge in [0.2, 0.25) is 15.9 Å². The third-order valence-electron chi connectivity index (χ3n) is 3.40. The van der Waals surface area contributed by atoms with Crippen molar-refractivity contribution in [2.75, 3.05) is 28.6 Å². The van der Waals surface area contributed by atoms with E-state index in [1.54, 1.807) is 0 Å². The molecule has 1 N–H and O–H groups in total. The molecular formula is C13H17ClN2O5S2. The summed E-state index contributed by atoms with van der Waals surface area (Å²) in [5, 5.41) is 3.01. The van der Waals surface area contributed by atoms with Crippen LogP contribution in [-0.2, 0) is 24.7 Å². The second kappa shape index (κ2) is 6.66. The van der Waals surface area contributed by atoms with E-state index in [1.807, 2.05) is 0 Å². The lowest BCUT2D eigenvalue weighted by molar-refractivity contribution is -0.120. The van der Waals surface area contributed by atoms with Crippen molar-refractivity contribution < 1.29 is 21.6 Å². The molecule has 1 fully saturated rings. The van der Waals surface area contributed by atoms with Crippen LogP contribution in [0.15, 0.2) is 24.3 Å². The van der Waals surface area contributed by atoms with E-state index in [1.165, 1.54) is 24.3 Å². The molecule has 0 bridgehead atoms. The Hall–Kier alpha value is -1.32. The number of benzene rings is 1. The summed E-state index contributed by atoms with van der Waals surface area (Å²) in [4.78, 5) is 12.1. The molecule has 0 aliphatic carbocycles. The Morgan fingerprint density at radius 2 is 1.96 bits per heavy atom. The molecule has 128 valence electrons. The highest BCUT2D eigenvalue weighted by molar-refractivity contribution is 7.92. The topological polar surface area (TPSA) is 101 Å². The molecular weight excluding hydrogens is 364 g/mol. The lowest BCUT2D eigenvalue weighted by atomic mass is 10.2. The maximum atomic E-state index is 12.1. The molecule has 0 saturated carbocycles. The Balaban J connectivity index is 2.09. The van der Waals surface area contributed by atoms with Crippen LogP contribution in [0.5, 0.6) is 0 Å². The van der Waals surface area contributed by atoms with Gasteiger partial charge in [0, 0.05) is 11.1 Å². The summed E-state index contributed by atoms with van der Waals surface area (Å²) in [5.74, 6) is -0.629. The van der Waals surface area contributed by atoms with E-state index < -0.39 is 38.4 Å². The first-order chi connectivity index (χ1) is 10.6. The van der Waals surface area contributed by atoms with Crippen molar-refractivity contribution >= 4 is 43.1 Å². The Kier molecular flexibility index (Phi) is 5.22. The van der Waals surface area contributed by atoms with Gasteiger partial charge in [-0.3, -0.25) is 9.10 Å². The molecule has 1 unspecified atom stereocenters. The number of carbonyl (C=O) groups is 1. The quantitative estimate of drug-likeness (QED) is 0.797. The fraction of sp³-hybridized carbons (Fsp3) is 0.462. The van der Waals surface area contributed by atoms with Crippen LogP contribution in [0.4, 0.5) is 5.69 Å². The lowest BCUT2D eigenvalue weighted by Gasteiger charge is -2.22. The minimum absolute atomic E-state index is 0.0327. The second-order valence-corrected chi connectivity index (χ2v) is 9.99. The van der Waals surface area contributed by atoms with Crippen molar-refractivity contribution in [3.63, 3.8) is 0 Å². The fourth-order valence-corrected chi connectivity index (χ4v) is 4.98. The number of anilines is 1. The Morgan fingerprint density at radius 1 is 1.35 bits per heavy atom. The van der Waals surface area contributed by atoms with Crippen LogP contribution in [0.3, 0.4) is 0 Å². The summed E-state index contributed by atoms with van der Waals surface area (Å²) in [5.41, 5.74) is 0.311. The van der Waals surface area contributed by atoms with Gasteiger partial charge in [-0.05, 0) is 30.7 Å². The lowest BCUT2D eigenvalue weighted by Crippen LogP contribution is -2.44. The molecule has 1 amide bonds. The zero-order chi connectivity index (χ0) is 17.3. The number of sulfonamides is 1. The number of hydrogen-bond donors (Lipinski definition) is 1. The number of halogens is 1. The Bertz CT molecular complexity index is 790. The Labute approximate surface area is 140 Å². The number of carbonyl (C=O) groups excluding carboxylic acids is 1. The summed E-state index contributed by atoms with van der Waals surface area (Å²) in [6.45, 7) is -0.420. The molecule has 0 radical (unpaired) electrons. The van der Waals surface area contributed by atoms with Gasteiger partial charge in [-0.1, -0.05) is 11.6 Å². The van der Waals surface area contributed by atoms with Gasteiger partial charge in [0.1, 0.15) is 6.54 Å². The van der Waals surface area contributed by atoms with Crippen molar-refractivity contribution in [2.24, 2.45) is 0 Å². The molecule has 2 rings (SSSR count). The molecule has 1 atom stereocenters. The van der Waals surface area contributed by atoms with Crippen LogP contribution in [0.2, 0.25) is 5.02 Å². The number of amides is 1. The highest BCUT2D eigenvalue weighted by atomic mass is 35.5. The summed E-state index contributed by atoms with van der Waals surface area (Å²) >= 11 is 5.77. The molecule has 0 aromatic heterocycles. The highest BCUT2D eigenvalue weighted by Gasteiger charge is 2.30. The molecule has 1 aliphatic heterocycles. The summed E-state index contributed by atoms with van der Waals surface area (Å²) < 4.78 is 47.5. The molecule has 1 saturated heterocycles. The molecule has 10 heteroatoms. The van der Waals surface area contributed by atoms with Gasteiger partial charge >= 0.3 is 0 Å². The van der Waals surface area contributed by atoms with E-state index in [0.717, 1.165) is 10.6 Å². The normalized spacial score (nSPS) is 20.2. The largest absolute Gasteiger partial charge is 0.351 e. The third kappa shape index (κ3) is 5.08. The number of hydrogen-bond acceptors (Lipinski definition) is 5. The van der Waals surface area contributed by atoms with Crippen molar-refractivity contribution in [3.8, 4) is 0 Å². The van der Waals surface area contributed by atoms with Crippen molar-refractivity contribution in [3.05, 3.63) is 29.3 Å². The minimum Gasteiger partial charge on any atom is -0.351 e. The summed E-state index contributed by atoms with van der Waals surface area (Å²) in [7, 11) is -6.79. The second-order valence-electron chi connectivity index (χ2n) is 5.41. The monoisotopic (exact) mass is 380 g/mol. The van der Waals surface area contributed by atoms with Crippen LogP contribution in [0.1, 0.15) is 6.42 Å². The van der Waals surface area contributed by atoms with Gasteiger partial charge in [-0.25, -0.2) is 16.8 Å². The highest BCUT2D eigenvalue weighted by Crippen LogP contribution is 2.20. The molecule has 7 nitrogen and oxygen atoms in total. The third-order valence-corrected chi connectivity index (χ3v) is 6.56. The molecule has 0 spiro atoms. The van der Waals surface area contributed by atoms with E-state index in [4.69, 9.17) is 11.6 Å². The van der Waals surface area contributed by atoms with Gasteiger partial charge in [0.05, 0.1) is 23.4 Å². The van der Waals surface area contributed by atoms with Gasteiger partial charge in [0.25, 0.3) is 0 Å². The maximum absolute atomic E-state index is 12.1. The van der Waals surface area contributed by atoms with Crippen LogP contribution in [0.25, 0.3) is 0 Å². The van der Waals surface area contributed by atoms with Gasteiger partial charge in [0.15, 0.2) is 9.84 Å². The number of nitrogens with zero attached hydrogens (tertiary/aromatic N) is 1. The van der Waals surface area contributed by atoms with Gasteiger partial charge in [-0.15, -0.1) is 0 Å². The van der Waals surface area contributed by atoms with Gasteiger partial charge < -0.3 is 5.32 Å². The van der Waals surface area contributed by atoms with E-state index in [-0.39, 0.29) is 11.5 Å². The zero-order valence-electron chi connectivity index (χ0n) is 12.4. The van der Waals surface area contributed by atoms with Crippen LogP contribution in [0, 0.1) is 0 Å². The first-order valence-electron chi connectivity index (χ1n) is 6.80. The summed E-state index contributed by atoms with van der Waals surface area (Å²) in [6.07, 6.45) is 1.34. The average Bonchev–Trinajstić information content (AvgIpc) is 2.75. The number of sulfone groups is 1. The molecule has 1 aromatic carbocycles. The van der Waals surface area contributed by atoms with Crippen LogP contribution < -0.4 is 9.62 Å². The molecule has 23 heavy (non-hydrogen) atoms. The first-order valence-corrected chi connectivity index (χ1v) is 10.8. The predicted molar refractivity (Wildman–Crippen MR) is 88.8 cm³/mol. The van der Waals surface area contributed by atoms with Crippen LogP contribution >= 0.6 is 11.6 Å². The predicted octanol–water partition coefficient (Wildman–Crippen LogP) is 0.409. The first kappa shape index (κ1) is 18.0. The maximum Gasteiger partial charge on any atom is 0.241 e. The van der Waals surface area contributed by atoms with Crippen molar-refractivity contribution in [1.82, 2.24) is 5.32 Å². The number of rotatable bonds is 5. The Morgan fingerprint density at radius 3 is 2.43 bits per heavy atom. The summed E-state index contributed by atoms with van der Waals surface area (Å²) in [6, 6.07) is 5.57. The standard InChI is InChI=1S/C13H17ClN2O5S2/c1-22(18,19)16(12-4-2-10(14)3-5-12)8-13(17)15-11-6-7-23(20,21)9-11/h2-5,11H,6-9H2,1H3,(H,15,17). The van der Waals surface area contributed by atoms with E-state index in [9.17, 15) is 21.6 Å². The van der Waals surface area contributed by atoms with Crippen molar-refractivity contribution in [2.45, 2.75) is 12.5 Å². The molecule has 1 heterocycles. The van der Waals surface area contributed by atoms with Crippen LogP contribution in [-0.4, -0.2) is 53.1 Å². The average molecular weight is 381 g/mol. The van der Waals surface area contributed by atoms with Crippen molar-refractivity contribution in [1.29, 1.82) is 0 Å². The van der Waals surface area contributed by atoms with E-state index in [0.29, 0.717) is 17.1 Å². The molecule has 1 aromatic rings. The minimum atomic E-state index is -3.67. The van der Waals surface area contributed by atoms with E-state index in [2.05, 4.69) is 5.32 Å². The number of nitrogens with one attached hydrogen (secondary N) is 1.